The van der Waals surface area contributed by atoms with Gasteiger partial charge >= 0.3 is 0 Å². The molecule has 4 rings (SSSR count). The average molecular weight is 402 g/mol. The lowest BCUT2D eigenvalue weighted by Gasteiger charge is -2.23. The Morgan fingerprint density at radius 2 is 2.12 bits per heavy atom. The molecular formula is C17H13BrFN5O. The summed E-state index contributed by atoms with van der Waals surface area (Å²) < 4.78 is 20.9. The van der Waals surface area contributed by atoms with E-state index in [9.17, 15) is 4.39 Å². The van der Waals surface area contributed by atoms with Crippen molar-refractivity contribution in [1.82, 2.24) is 20.2 Å². The molecule has 2 heterocycles. The van der Waals surface area contributed by atoms with Gasteiger partial charge in [0.15, 0.2) is 0 Å². The van der Waals surface area contributed by atoms with Crippen molar-refractivity contribution in [1.29, 1.82) is 0 Å². The number of nitrogens with zero attached hydrogens (tertiary/aromatic N) is 4. The molecule has 6 nitrogen and oxygen atoms in total. The van der Waals surface area contributed by atoms with Crippen LogP contribution in [-0.4, -0.2) is 27.3 Å². The highest BCUT2D eigenvalue weighted by Crippen LogP contribution is 2.33. The van der Waals surface area contributed by atoms with Gasteiger partial charge in [-0.25, -0.2) is 4.39 Å². The summed E-state index contributed by atoms with van der Waals surface area (Å²) in [6.45, 7) is 0. The van der Waals surface area contributed by atoms with Gasteiger partial charge in [0, 0.05) is 11.3 Å². The van der Waals surface area contributed by atoms with Crippen molar-refractivity contribution in [3.63, 3.8) is 0 Å². The van der Waals surface area contributed by atoms with E-state index in [1.54, 1.807) is 23.9 Å². The molecule has 126 valence electrons. The average Bonchev–Trinajstić information content (AvgIpc) is 3.12. The van der Waals surface area contributed by atoms with Crippen LogP contribution in [0.4, 0.5) is 10.3 Å². The van der Waals surface area contributed by atoms with Gasteiger partial charge in [0.05, 0.1) is 11.6 Å². The van der Waals surface area contributed by atoms with Gasteiger partial charge in [-0.1, -0.05) is 23.3 Å². The Balaban J connectivity index is 1.81. The Bertz CT molecular complexity index is 971. The second-order valence-electron chi connectivity index (χ2n) is 5.50. The van der Waals surface area contributed by atoms with Crippen LogP contribution in [-0.2, 0) is 0 Å². The lowest BCUT2D eigenvalue weighted by molar-refractivity contribution is 0.414. The van der Waals surface area contributed by atoms with E-state index in [1.807, 2.05) is 30.3 Å². The Morgan fingerprint density at radius 3 is 2.92 bits per heavy atom. The molecule has 1 unspecified atom stereocenters. The van der Waals surface area contributed by atoms with Crippen LogP contribution in [0, 0.1) is 5.82 Å². The summed E-state index contributed by atoms with van der Waals surface area (Å²) >= 11 is 3.23. The number of halogens is 2. The molecule has 1 aromatic heterocycles. The predicted octanol–water partition coefficient (Wildman–Crippen LogP) is 3.64. The van der Waals surface area contributed by atoms with Crippen molar-refractivity contribution < 1.29 is 9.13 Å². The van der Waals surface area contributed by atoms with Crippen molar-refractivity contribution >= 4 is 27.6 Å². The molecule has 0 radical (unpaired) electrons. The van der Waals surface area contributed by atoms with E-state index in [-0.39, 0.29) is 11.9 Å². The Kier molecular flexibility index (Phi) is 3.96. The van der Waals surface area contributed by atoms with Crippen LogP contribution >= 0.6 is 15.9 Å². The molecule has 0 aliphatic carbocycles. The number of methoxy groups -OCH3 is 1. The van der Waals surface area contributed by atoms with Crippen LogP contribution in [0.5, 0.6) is 5.75 Å². The maximum atomic E-state index is 13.6. The van der Waals surface area contributed by atoms with Crippen LogP contribution in [0.1, 0.15) is 17.2 Å². The zero-order chi connectivity index (χ0) is 17.4. The third-order valence-electron chi connectivity index (χ3n) is 3.99. The van der Waals surface area contributed by atoms with E-state index in [0.29, 0.717) is 10.4 Å². The number of fused-ring (bicyclic) bond motifs is 1. The van der Waals surface area contributed by atoms with Crippen molar-refractivity contribution in [3.05, 3.63) is 70.0 Å². The summed E-state index contributed by atoms with van der Waals surface area (Å²) in [6, 6.07) is 12.3. The topological polar surface area (TPSA) is 64.9 Å². The molecule has 25 heavy (non-hydrogen) atoms. The first-order valence-electron chi connectivity index (χ1n) is 7.52. The Morgan fingerprint density at radius 1 is 1.24 bits per heavy atom. The third kappa shape index (κ3) is 2.89. The predicted molar refractivity (Wildman–Crippen MR) is 94.6 cm³/mol. The molecule has 1 N–H and O–H groups in total. The van der Waals surface area contributed by atoms with Gasteiger partial charge < -0.3 is 10.1 Å². The minimum Gasteiger partial charge on any atom is -0.497 e. The van der Waals surface area contributed by atoms with E-state index in [1.165, 1.54) is 6.07 Å². The summed E-state index contributed by atoms with van der Waals surface area (Å²) in [6.07, 6.45) is 2.00. The molecule has 0 fully saturated rings. The van der Waals surface area contributed by atoms with Crippen LogP contribution in [0.2, 0.25) is 0 Å². The maximum Gasteiger partial charge on any atom is 0.248 e. The van der Waals surface area contributed by atoms with Crippen molar-refractivity contribution in [2.24, 2.45) is 0 Å². The van der Waals surface area contributed by atoms with Gasteiger partial charge in [0.2, 0.25) is 5.95 Å². The second-order valence-corrected chi connectivity index (χ2v) is 6.36. The fourth-order valence-corrected chi connectivity index (χ4v) is 3.14. The minimum atomic E-state index is -0.313. The molecule has 1 aliphatic rings. The molecule has 0 amide bonds. The molecule has 2 aromatic carbocycles. The molecule has 1 aliphatic heterocycles. The number of nitrogens with one attached hydrogen (secondary N) is 1. The van der Waals surface area contributed by atoms with Gasteiger partial charge in [-0.15, -0.1) is 0 Å². The van der Waals surface area contributed by atoms with Gasteiger partial charge in [-0.3, -0.25) is 0 Å². The first-order valence-corrected chi connectivity index (χ1v) is 8.31. The number of rotatable bonds is 3. The number of ether oxygens (including phenoxy) is 1. The highest BCUT2D eigenvalue weighted by Gasteiger charge is 2.25. The van der Waals surface area contributed by atoms with Crippen molar-refractivity contribution in [2.45, 2.75) is 6.04 Å². The SMILES string of the molecule is COc1cccc(C2=CC(c3ccc(F)c(Br)c3)n3nnnc3N2)c1. The highest BCUT2D eigenvalue weighted by atomic mass is 79.9. The number of hydrogen-bond donors (Lipinski definition) is 1. The number of aromatic nitrogens is 4. The van der Waals surface area contributed by atoms with E-state index in [2.05, 4.69) is 36.8 Å². The number of allylic oxidation sites excluding steroid dienone is 1. The van der Waals surface area contributed by atoms with E-state index >= 15 is 0 Å². The lowest BCUT2D eigenvalue weighted by atomic mass is 10.0. The second kappa shape index (κ2) is 6.29. The molecule has 3 aromatic rings. The van der Waals surface area contributed by atoms with E-state index < -0.39 is 0 Å². The summed E-state index contributed by atoms with van der Waals surface area (Å²) in [4.78, 5) is 0. The number of tetrazole rings is 1. The number of benzene rings is 2. The summed E-state index contributed by atoms with van der Waals surface area (Å²) in [5.74, 6) is 0.962. The monoisotopic (exact) mass is 401 g/mol. The summed E-state index contributed by atoms with van der Waals surface area (Å²) in [5, 5.41) is 15.0. The normalized spacial score (nSPS) is 16.0. The molecule has 8 heteroatoms. The molecule has 0 spiro atoms. The van der Waals surface area contributed by atoms with Gasteiger partial charge in [0.1, 0.15) is 17.6 Å². The zero-order valence-corrected chi connectivity index (χ0v) is 14.7. The largest absolute Gasteiger partial charge is 0.497 e. The molecular weight excluding hydrogens is 389 g/mol. The van der Waals surface area contributed by atoms with Crippen LogP contribution < -0.4 is 10.1 Å². The fourth-order valence-electron chi connectivity index (χ4n) is 2.75. The fraction of sp³-hybridized carbons (Fsp3) is 0.118. The molecule has 0 bridgehead atoms. The standard InChI is InChI=1S/C17H13BrFN5O/c1-25-12-4-2-3-10(7-12)15-9-16(24-17(20-15)21-22-23-24)11-5-6-14(19)13(18)8-11/h2-9,16H,1H3,(H,20,21,23). The molecule has 0 saturated carbocycles. The quantitative estimate of drug-likeness (QED) is 0.725. The van der Waals surface area contributed by atoms with E-state index in [0.717, 1.165) is 22.6 Å². The first-order chi connectivity index (χ1) is 12.2. The molecule has 1 atom stereocenters. The summed E-state index contributed by atoms with van der Waals surface area (Å²) in [5.41, 5.74) is 2.66. The minimum absolute atomic E-state index is 0.260. The zero-order valence-electron chi connectivity index (χ0n) is 13.1. The maximum absolute atomic E-state index is 13.6. The number of hydrogen-bond acceptors (Lipinski definition) is 5. The third-order valence-corrected chi connectivity index (χ3v) is 4.60. The smallest absolute Gasteiger partial charge is 0.248 e. The number of anilines is 1. The molecule has 0 saturated heterocycles. The van der Waals surface area contributed by atoms with Crippen LogP contribution in [0.3, 0.4) is 0 Å². The van der Waals surface area contributed by atoms with Crippen LogP contribution in [0.15, 0.2) is 53.0 Å². The highest BCUT2D eigenvalue weighted by molar-refractivity contribution is 9.10. The van der Waals surface area contributed by atoms with Crippen LogP contribution in [0.25, 0.3) is 5.70 Å². The van der Waals surface area contributed by atoms with Crippen molar-refractivity contribution in [3.8, 4) is 5.75 Å². The Hall–Kier alpha value is -2.74. The van der Waals surface area contributed by atoms with Crippen molar-refractivity contribution in [2.75, 3.05) is 12.4 Å². The van der Waals surface area contributed by atoms with Gasteiger partial charge in [-0.05, 0) is 62.3 Å². The summed E-state index contributed by atoms with van der Waals surface area (Å²) in [7, 11) is 1.63. The Labute approximate surface area is 151 Å². The van der Waals surface area contributed by atoms with Gasteiger partial charge in [-0.2, -0.15) is 4.68 Å². The lowest BCUT2D eigenvalue weighted by Crippen LogP contribution is -2.20. The van der Waals surface area contributed by atoms with E-state index in [4.69, 9.17) is 4.74 Å². The first kappa shape index (κ1) is 15.8. The van der Waals surface area contributed by atoms with Gasteiger partial charge in [0.25, 0.3) is 0 Å².